The quantitative estimate of drug-likeness (QED) is 0.625. The first-order valence-corrected chi connectivity index (χ1v) is 11.0. The summed E-state index contributed by atoms with van der Waals surface area (Å²) < 4.78 is 0. The van der Waals surface area contributed by atoms with Gasteiger partial charge in [0.1, 0.15) is 5.82 Å². The van der Waals surface area contributed by atoms with Crippen molar-refractivity contribution >= 4 is 34.7 Å². The molecule has 2 aromatic rings. The van der Waals surface area contributed by atoms with Crippen LogP contribution in [-0.2, 0) is 4.79 Å². The molecule has 4 rings (SSSR count). The van der Waals surface area contributed by atoms with Crippen molar-refractivity contribution in [3.63, 3.8) is 0 Å². The highest BCUT2D eigenvalue weighted by molar-refractivity contribution is 6.03. The maximum Gasteiger partial charge on any atom is 0.254 e. The molecule has 2 saturated carbocycles. The highest BCUT2D eigenvalue weighted by atomic mass is 16.2. The highest BCUT2D eigenvalue weighted by Crippen LogP contribution is 2.45. The van der Waals surface area contributed by atoms with Gasteiger partial charge in [-0.25, -0.2) is 4.98 Å². The van der Waals surface area contributed by atoms with Crippen LogP contribution in [0.15, 0.2) is 24.4 Å². The van der Waals surface area contributed by atoms with E-state index in [1.165, 1.54) is 31.0 Å². The smallest absolute Gasteiger partial charge is 0.254 e. The van der Waals surface area contributed by atoms with Crippen molar-refractivity contribution in [1.82, 2.24) is 10.3 Å². The van der Waals surface area contributed by atoms with Crippen LogP contribution in [0.1, 0.15) is 59.5 Å². The lowest BCUT2D eigenvalue weighted by Gasteiger charge is -2.31. The number of rotatable bonds is 7. The van der Waals surface area contributed by atoms with Crippen LogP contribution < -0.4 is 20.9 Å². The molecule has 7 nitrogen and oxygen atoms in total. The van der Waals surface area contributed by atoms with E-state index in [-0.39, 0.29) is 17.7 Å². The first kappa shape index (κ1) is 21.2. The number of aromatic nitrogens is 1. The molecule has 2 fully saturated rings. The van der Waals surface area contributed by atoms with Gasteiger partial charge in [-0.1, -0.05) is 18.6 Å². The maximum atomic E-state index is 12.6. The molecule has 7 heteroatoms. The van der Waals surface area contributed by atoms with Crippen molar-refractivity contribution in [2.45, 2.75) is 44.9 Å². The number of nitrogens with zero attached hydrogens (tertiary/aromatic N) is 2. The van der Waals surface area contributed by atoms with Crippen molar-refractivity contribution < 1.29 is 9.59 Å². The predicted molar refractivity (Wildman–Crippen MR) is 124 cm³/mol. The van der Waals surface area contributed by atoms with Gasteiger partial charge in [0.05, 0.1) is 22.6 Å². The second-order valence-corrected chi connectivity index (χ2v) is 8.75. The zero-order valence-electron chi connectivity index (χ0n) is 18.7. The van der Waals surface area contributed by atoms with E-state index in [9.17, 15) is 9.59 Å². The zero-order valence-corrected chi connectivity index (χ0v) is 18.7. The van der Waals surface area contributed by atoms with Crippen molar-refractivity contribution in [2.24, 2.45) is 5.92 Å². The lowest BCUT2D eigenvalue weighted by Crippen LogP contribution is -2.22. The normalized spacial score (nSPS) is 15.7. The summed E-state index contributed by atoms with van der Waals surface area (Å²) in [5.41, 5.74) is 5.22. The van der Waals surface area contributed by atoms with E-state index in [2.05, 4.69) is 44.0 Å². The van der Waals surface area contributed by atoms with Crippen LogP contribution in [-0.4, -0.2) is 37.9 Å². The minimum Gasteiger partial charge on any atom is -0.376 e. The van der Waals surface area contributed by atoms with Crippen molar-refractivity contribution in [3.05, 3.63) is 41.1 Å². The van der Waals surface area contributed by atoms with Crippen molar-refractivity contribution in [3.8, 4) is 0 Å². The van der Waals surface area contributed by atoms with E-state index in [0.29, 0.717) is 23.0 Å². The Kier molecular flexibility index (Phi) is 5.85. The number of hydrogen-bond donors (Lipinski definition) is 3. The highest BCUT2D eigenvalue weighted by Gasteiger charge is 2.31. The summed E-state index contributed by atoms with van der Waals surface area (Å²) in [6, 6.07) is 6.34. The number of nitrogens with one attached hydrogen (secondary N) is 3. The van der Waals surface area contributed by atoms with E-state index < -0.39 is 0 Å². The Labute approximate surface area is 183 Å². The van der Waals surface area contributed by atoms with Gasteiger partial charge in [-0.15, -0.1) is 0 Å². The summed E-state index contributed by atoms with van der Waals surface area (Å²) in [5, 5.41) is 9.24. The molecular weight excluding hydrogens is 390 g/mol. The third kappa shape index (κ3) is 4.22. The summed E-state index contributed by atoms with van der Waals surface area (Å²) >= 11 is 0. The van der Waals surface area contributed by atoms with Crippen LogP contribution in [0.3, 0.4) is 0 Å². The van der Waals surface area contributed by atoms with E-state index in [1.807, 2.05) is 21.0 Å². The Morgan fingerprint density at radius 1 is 1.10 bits per heavy atom. The molecule has 164 valence electrons. The van der Waals surface area contributed by atoms with Crippen LogP contribution >= 0.6 is 0 Å². The predicted octanol–water partition coefficient (Wildman–Crippen LogP) is 4.18. The van der Waals surface area contributed by atoms with Crippen LogP contribution in [0.5, 0.6) is 0 Å². The summed E-state index contributed by atoms with van der Waals surface area (Å²) in [4.78, 5) is 31.5. The van der Waals surface area contributed by atoms with Crippen molar-refractivity contribution in [2.75, 3.05) is 36.7 Å². The van der Waals surface area contributed by atoms with Crippen LogP contribution in [0.25, 0.3) is 0 Å². The molecule has 0 unspecified atom stereocenters. The molecule has 0 spiro atoms. The largest absolute Gasteiger partial charge is 0.376 e. The second-order valence-electron chi connectivity index (χ2n) is 8.75. The molecular formula is C24H31N5O2. The fourth-order valence-electron chi connectivity index (χ4n) is 4.02. The fraction of sp³-hybridized carbons (Fsp3) is 0.458. The average molecular weight is 422 g/mol. The Bertz CT molecular complexity index is 1010. The molecule has 3 N–H and O–H groups in total. The molecule has 0 atom stereocenters. The number of amides is 2. The molecule has 1 aromatic heterocycles. The fourth-order valence-corrected chi connectivity index (χ4v) is 4.02. The van der Waals surface area contributed by atoms with Gasteiger partial charge in [0, 0.05) is 38.8 Å². The second kappa shape index (κ2) is 8.57. The molecule has 1 aromatic carbocycles. The average Bonchev–Trinajstić information content (AvgIpc) is 3.55. The first-order chi connectivity index (χ1) is 14.9. The van der Waals surface area contributed by atoms with Gasteiger partial charge in [-0.2, -0.15) is 0 Å². The molecule has 0 radical (unpaired) electrons. The molecule has 0 aliphatic heterocycles. The summed E-state index contributed by atoms with van der Waals surface area (Å²) in [5.74, 6) is 0.876. The Hall–Kier alpha value is -3.09. The third-order valence-corrected chi connectivity index (χ3v) is 6.34. The van der Waals surface area contributed by atoms with Crippen LogP contribution in [0.4, 0.5) is 22.9 Å². The topological polar surface area (TPSA) is 86.4 Å². The minimum absolute atomic E-state index is 0.00177. The molecule has 2 aliphatic rings. The molecule has 2 amide bonds. The van der Waals surface area contributed by atoms with Crippen molar-refractivity contribution in [1.29, 1.82) is 0 Å². The Morgan fingerprint density at radius 2 is 1.84 bits per heavy atom. The first-order valence-electron chi connectivity index (χ1n) is 11.0. The number of carbonyl (C=O) groups excluding carboxylic acids is 2. The number of hydrogen-bond acceptors (Lipinski definition) is 5. The van der Waals surface area contributed by atoms with E-state index >= 15 is 0 Å². The summed E-state index contributed by atoms with van der Waals surface area (Å²) in [7, 11) is 5.65. The SMILES string of the molecule is CNC(=O)c1cnc(NC(=O)C2CC2)c(C)c1Nc1c(C2CCC2)cccc1N(C)C. The third-order valence-electron chi connectivity index (χ3n) is 6.34. The molecule has 2 aliphatic carbocycles. The van der Waals surface area contributed by atoms with Crippen LogP contribution in [0, 0.1) is 12.8 Å². The Balaban J connectivity index is 1.79. The standard InChI is InChI=1S/C24H31N5O2/c1-14-20(18(24(31)25-2)13-26-22(14)28-23(30)16-11-12-16)27-21-17(15-7-5-8-15)9-6-10-19(21)29(3)4/h6,9-10,13,15-16H,5,7-8,11-12H2,1-4H3,(H,25,31)(H2,26,27,28,30). The lowest BCUT2D eigenvalue weighted by atomic mass is 9.79. The van der Waals surface area contributed by atoms with E-state index in [0.717, 1.165) is 29.8 Å². The lowest BCUT2D eigenvalue weighted by molar-refractivity contribution is -0.117. The zero-order chi connectivity index (χ0) is 22.1. The minimum atomic E-state index is -0.217. The van der Waals surface area contributed by atoms with E-state index in [1.54, 1.807) is 7.05 Å². The number of anilines is 4. The summed E-state index contributed by atoms with van der Waals surface area (Å²) in [6.07, 6.45) is 6.97. The summed E-state index contributed by atoms with van der Waals surface area (Å²) in [6.45, 7) is 1.89. The van der Waals surface area contributed by atoms with Gasteiger partial charge < -0.3 is 20.9 Å². The Morgan fingerprint density at radius 3 is 2.42 bits per heavy atom. The van der Waals surface area contributed by atoms with Gasteiger partial charge in [-0.3, -0.25) is 9.59 Å². The molecule has 31 heavy (non-hydrogen) atoms. The van der Waals surface area contributed by atoms with Gasteiger partial charge in [0.15, 0.2) is 0 Å². The monoisotopic (exact) mass is 421 g/mol. The molecule has 0 saturated heterocycles. The number of para-hydroxylation sites is 1. The number of carbonyl (C=O) groups is 2. The van der Waals surface area contributed by atoms with Gasteiger partial charge in [0.25, 0.3) is 5.91 Å². The molecule has 0 bridgehead atoms. The van der Waals surface area contributed by atoms with Crippen LogP contribution in [0.2, 0.25) is 0 Å². The maximum absolute atomic E-state index is 12.6. The van der Waals surface area contributed by atoms with Gasteiger partial charge in [-0.05, 0) is 50.2 Å². The van der Waals surface area contributed by atoms with Gasteiger partial charge in [0.2, 0.25) is 5.91 Å². The van der Waals surface area contributed by atoms with E-state index in [4.69, 9.17) is 0 Å². The molecule has 1 heterocycles. The number of pyridine rings is 1. The van der Waals surface area contributed by atoms with Gasteiger partial charge >= 0.3 is 0 Å². The number of benzene rings is 1.